The van der Waals surface area contributed by atoms with Crippen LogP contribution in [0.15, 0.2) is 47.6 Å². The number of rotatable bonds is 6. The van der Waals surface area contributed by atoms with Gasteiger partial charge < -0.3 is 20.0 Å². The number of aliphatic imine (C=N–C) groups is 1. The van der Waals surface area contributed by atoms with Gasteiger partial charge in [-0.25, -0.2) is 9.98 Å². The van der Waals surface area contributed by atoms with Gasteiger partial charge in [0.1, 0.15) is 5.82 Å². The molecule has 0 spiro atoms. The normalized spacial score (nSPS) is 14.1. The first-order valence-corrected chi connectivity index (χ1v) is 11.0. The van der Waals surface area contributed by atoms with E-state index in [9.17, 15) is 4.79 Å². The van der Waals surface area contributed by atoms with Gasteiger partial charge in [0, 0.05) is 63.6 Å². The van der Waals surface area contributed by atoms with Crippen LogP contribution in [0.5, 0.6) is 0 Å². The molecule has 174 valence electrons. The van der Waals surface area contributed by atoms with Gasteiger partial charge in [0.05, 0.1) is 13.0 Å². The maximum Gasteiger partial charge on any atom is 0.227 e. The van der Waals surface area contributed by atoms with Crippen molar-refractivity contribution in [2.45, 2.75) is 19.9 Å². The van der Waals surface area contributed by atoms with Crippen LogP contribution in [-0.4, -0.2) is 73.5 Å². The summed E-state index contributed by atoms with van der Waals surface area (Å²) < 4.78 is 0. The second-order valence-electron chi connectivity index (χ2n) is 7.73. The number of halogens is 2. The largest absolute Gasteiger partial charge is 0.362 e. The molecule has 1 fully saturated rings. The second-order valence-corrected chi connectivity index (χ2v) is 8.16. The lowest BCUT2D eigenvalue weighted by Gasteiger charge is -2.36. The van der Waals surface area contributed by atoms with Crippen LogP contribution in [0.4, 0.5) is 5.82 Å². The molecule has 0 atom stereocenters. The maximum atomic E-state index is 12.7. The molecule has 9 heteroatoms. The van der Waals surface area contributed by atoms with Gasteiger partial charge >= 0.3 is 0 Å². The first kappa shape index (κ1) is 26.2. The fourth-order valence-electron chi connectivity index (χ4n) is 3.64. The minimum Gasteiger partial charge on any atom is -0.362 e. The topological polar surface area (TPSA) is 64.1 Å². The molecule has 1 amide bonds. The van der Waals surface area contributed by atoms with Gasteiger partial charge in [0.2, 0.25) is 5.91 Å². The van der Waals surface area contributed by atoms with Crippen LogP contribution in [0, 0.1) is 0 Å². The van der Waals surface area contributed by atoms with E-state index in [0.29, 0.717) is 31.1 Å². The molecule has 1 saturated heterocycles. The number of amides is 1. The van der Waals surface area contributed by atoms with Gasteiger partial charge in [0.15, 0.2) is 5.96 Å². The van der Waals surface area contributed by atoms with Crippen molar-refractivity contribution in [3.05, 3.63) is 58.7 Å². The minimum atomic E-state index is 0. The predicted octanol–water partition coefficient (Wildman–Crippen LogP) is 3.27. The summed E-state index contributed by atoms with van der Waals surface area (Å²) in [7, 11) is 3.97. The van der Waals surface area contributed by atoms with E-state index in [2.05, 4.69) is 28.2 Å². The molecule has 0 aliphatic carbocycles. The standard InChI is InChI=1S/C23H31ClN6O.HI/c1-4-25-23(27-17-19-8-6-10-26-22(19)28(2)3)30-13-11-29(12-14-30)21(31)16-18-7-5-9-20(24)15-18;/h5-10,15H,4,11-14,16-17H2,1-3H3,(H,25,27);1H. The zero-order chi connectivity index (χ0) is 22.2. The number of piperazine rings is 1. The van der Waals surface area contributed by atoms with Crippen LogP contribution in [0.25, 0.3) is 0 Å². The van der Waals surface area contributed by atoms with Gasteiger partial charge in [0.25, 0.3) is 0 Å². The van der Waals surface area contributed by atoms with E-state index >= 15 is 0 Å². The Balaban J connectivity index is 0.00000363. The van der Waals surface area contributed by atoms with E-state index in [1.54, 1.807) is 6.20 Å². The Morgan fingerprint density at radius 3 is 2.53 bits per heavy atom. The lowest BCUT2D eigenvalue weighted by atomic mass is 10.1. The molecule has 0 radical (unpaired) electrons. The van der Waals surface area contributed by atoms with Crippen LogP contribution in [-0.2, 0) is 17.8 Å². The van der Waals surface area contributed by atoms with Gasteiger partial charge in [-0.2, -0.15) is 0 Å². The molecule has 0 bridgehead atoms. The molecule has 2 aromatic rings. The molecular weight excluding hydrogens is 539 g/mol. The van der Waals surface area contributed by atoms with Gasteiger partial charge in [-0.15, -0.1) is 24.0 Å². The summed E-state index contributed by atoms with van der Waals surface area (Å²) in [6.45, 7) is 6.27. The smallest absolute Gasteiger partial charge is 0.227 e. The maximum absolute atomic E-state index is 12.7. The Hall–Kier alpha value is -2.07. The summed E-state index contributed by atoms with van der Waals surface area (Å²) in [5.41, 5.74) is 2.03. The van der Waals surface area contributed by atoms with Crippen molar-refractivity contribution >= 4 is 53.3 Å². The van der Waals surface area contributed by atoms with Crippen LogP contribution in [0.2, 0.25) is 5.02 Å². The Morgan fingerprint density at radius 1 is 1.16 bits per heavy atom. The molecule has 0 saturated carbocycles. The van der Waals surface area contributed by atoms with E-state index < -0.39 is 0 Å². The zero-order valence-corrected chi connectivity index (χ0v) is 22.0. The highest BCUT2D eigenvalue weighted by atomic mass is 127. The zero-order valence-electron chi connectivity index (χ0n) is 18.9. The van der Waals surface area contributed by atoms with E-state index in [-0.39, 0.29) is 29.9 Å². The van der Waals surface area contributed by atoms with Crippen LogP contribution in [0.3, 0.4) is 0 Å². The summed E-state index contributed by atoms with van der Waals surface area (Å²) in [6, 6.07) is 11.5. The molecule has 0 unspecified atom stereocenters. The summed E-state index contributed by atoms with van der Waals surface area (Å²) in [4.78, 5) is 28.1. The molecule has 1 aromatic carbocycles. The Morgan fingerprint density at radius 2 is 1.88 bits per heavy atom. The lowest BCUT2D eigenvalue weighted by Crippen LogP contribution is -2.54. The summed E-state index contributed by atoms with van der Waals surface area (Å²) in [5, 5.41) is 4.05. The molecule has 2 heterocycles. The van der Waals surface area contributed by atoms with Crippen molar-refractivity contribution in [2.24, 2.45) is 4.99 Å². The summed E-state index contributed by atoms with van der Waals surface area (Å²) in [5.74, 6) is 1.94. The molecule has 1 N–H and O–H groups in total. The highest BCUT2D eigenvalue weighted by molar-refractivity contribution is 14.0. The number of hydrogen-bond donors (Lipinski definition) is 1. The minimum absolute atomic E-state index is 0. The highest BCUT2D eigenvalue weighted by Gasteiger charge is 2.23. The quantitative estimate of drug-likeness (QED) is 0.328. The second kappa shape index (κ2) is 12.8. The fourth-order valence-corrected chi connectivity index (χ4v) is 3.86. The molecule has 1 aliphatic rings. The summed E-state index contributed by atoms with van der Waals surface area (Å²) in [6.07, 6.45) is 2.18. The number of nitrogens with zero attached hydrogens (tertiary/aromatic N) is 5. The fraction of sp³-hybridized carbons (Fsp3) is 0.435. The number of pyridine rings is 1. The lowest BCUT2D eigenvalue weighted by molar-refractivity contribution is -0.131. The number of carbonyl (C=O) groups excluding carboxylic acids is 1. The monoisotopic (exact) mass is 570 g/mol. The number of carbonyl (C=O) groups is 1. The van der Waals surface area contributed by atoms with Gasteiger partial charge in [-0.05, 0) is 30.7 Å². The molecule has 32 heavy (non-hydrogen) atoms. The SMILES string of the molecule is CCNC(=NCc1cccnc1N(C)C)N1CCN(C(=O)Cc2cccc(Cl)c2)CC1.I. The number of anilines is 1. The van der Waals surface area contributed by atoms with E-state index in [4.69, 9.17) is 16.6 Å². The van der Waals surface area contributed by atoms with Crippen molar-refractivity contribution in [3.8, 4) is 0 Å². The molecular formula is C23H32ClIN6O. The number of aromatic nitrogens is 1. The molecule has 1 aromatic heterocycles. The van der Waals surface area contributed by atoms with Crippen LogP contribution >= 0.6 is 35.6 Å². The molecule has 1 aliphatic heterocycles. The van der Waals surface area contributed by atoms with Gasteiger partial charge in [-0.1, -0.05) is 29.8 Å². The first-order chi connectivity index (χ1) is 15.0. The van der Waals surface area contributed by atoms with E-state index in [0.717, 1.165) is 42.5 Å². The van der Waals surface area contributed by atoms with Gasteiger partial charge in [-0.3, -0.25) is 4.79 Å². The van der Waals surface area contributed by atoms with Crippen molar-refractivity contribution in [3.63, 3.8) is 0 Å². The van der Waals surface area contributed by atoms with Crippen LogP contribution in [0.1, 0.15) is 18.1 Å². The van der Waals surface area contributed by atoms with Crippen LogP contribution < -0.4 is 10.2 Å². The van der Waals surface area contributed by atoms with Crippen molar-refractivity contribution in [2.75, 3.05) is 51.7 Å². The third-order valence-corrected chi connectivity index (χ3v) is 5.44. The first-order valence-electron chi connectivity index (χ1n) is 10.6. The third kappa shape index (κ3) is 7.23. The predicted molar refractivity (Wildman–Crippen MR) is 142 cm³/mol. The average Bonchev–Trinajstić information content (AvgIpc) is 2.77. The number of benzene rings is 1. The van der Waals surface area contributed by atoms with Crippen molar-refractivity contribution in [1.82, 2.24) is 20.1 Å². The van der Waals surface area contributed by atoms with Crippen molar-refractivity contribution < 1.29 is 4.79 Å². The Kier molecular flexibility index (Phi) is 10.5. The Bertz CT molecular complexity index is 915. The van der Waals surface area contributed by atoms with Crippen molar-refractivity contribution in [1.29, 1.82) is 0 Å². The third-order valence-electron chi connectivity index (χ3n) is 5.20. The van der Waals surface area contributed by atoms with E-state index in [1.165, 1.54) is 0 Å². The summed E-state index contributed by atoms with van der Waals surface area (Å²) >= 11 is 6.04. The molecule has 3 rings (SSSR count). The number of hydrogen-bond acceptors (Lipinski definition) is 4. The average molecular weight is 571 g/mol. The number of guanidine groups is 1. The highest BCUT2D eigenvalue weighted by Crippen LogP contribution is 2.16. The van der Waals surface area contributed by atoms with E-state index in [1.807, 2.05) is 54.2 Å². The number of nitrogens with one attached hydrogen (secondary N) is 1. The Labute approximate surface area is 212 Å². The molecule has 7 nitrogen and oxygen atoms in total.